The molecule has 1 amide bonds. The van der Waals surface area contributed by atoms with Crippen LogP contribution in [0.5, 0.6) is 0 Å². The van der Waals surface area contributed by atoms with Crippen LogP contribution in [0.2, 0.25) is 0 Å². The molecule has 3 aliphatic rings. The molecule has 1 saturated carbocycles. The highest BCUT2D eigenvalue weighted by Crippen LogP contribution is 2.34. The fraction of sp³-hybridized carbons (Fsp3) is 0.917. The van der Waals surface area contributed by atoms with Crippen molar-refractivity contribution in [3.63, 3.8) is 0 Å². The third-order valence-corrected chi connectivity index (χ3v) is 4.15. The monoisotopic (exact) mass is 208 g/mol. The first-order valence-electron chi connectivity index (χ1n) is 6.30. The molecule has 0 aromatic carbocycles. The maximum atomic E-state index is 12.1. The van der Waals surface area contributed by atoms with E-state index in [1.165, 1.54) is 19.4 Å². The Bertz CT molecular complexity index is 275. The van der Waals surface area contributed by atoms with Gasteiger partial charge in [-0.2, -0.15) is 0 Å². The molecule has 2 saturated heterocycles. The van der Waals surface area contributed by atoms with E-state index in [4.69, 9.17) is 0 Å². The Balaban J connectivity index is 1.70. The first-order chi connectivity index (χ1) is 7.25. The second-order valence-corrected chi connectivity index (χ2v) is 5.40. The van der Waals surface area contributed by atoms with Gasteiger partial charge in [0.05, 0.1) is 0 Å². The van der Waals surface area contributed by atoms with Crippen LogP contribution in [-0.2, 0) is 4.79 Å². The minimum Gasteiger partial charge on any atom is -0.337 e. The highest BCUT2D eigenvalue weighted by atomic mass is 16.2. The third kappa shape index (κ3) is 1.67. The van der Waals surface area contributed by atoms with Crippen LogP contribution < -0.4 is 0 Å². The molecule has 15 heavy (non-hydrogen) atoms. The van der Waals surface area contributed by atoms with Crippen molar-refractivity contribution >= 4 is 5.91 Å². The average Bonchev–Trinajstić information content (AvgIpc) is 2.97. The number of carbonyl (C=O) groups is 1. The lowest BCUT2D eigenvalue weighted by atomic mass is 10.1. The highest BCUT2D eigenvalue weighted by molar-refractivity contribution is 5.81. The van der Waals surface area contributed by atoms with E-state index in [-0.39, 0.29) is 0 Å². The Kier molecular flexibility index (Phi) is 2.23. The normalized spacial score (nSPS) is 36.7. The Labute approximate surface area is 91.4 Å². The molecule has 3 fully saturated rings. The topological polar surface area (TPSA) is 23.6 Å². The fourth-order valence-electron chi connectivity index (χ4n) is 3.06. The predicted molar refractivity (Wildman–Crippen MR) is 58.5 cm³/mol. The summed E-state index contributed by atoms with van der Waals surface area (Å²) in [7, 11) is 0. The summed E-state index contributed by atoms with van der Waals surface area (Å²) >= 11 is 0. The third-order valence-electron chi connectivity index (χ3n) is 4.15. The summed E-state index contributed by atoms with van der Waals surface area (Å²) < 4.78 is 0. The molecule has 0 aromatic rings. The SMILES string of the molecule is CC1CN2CCCC2CN1C(=O)C1CC1. The lowest BCUT2D eigenvalue weighted by molar-refractivity contribution is -0.138. The molecule has 0 N–H and O–H groups in total. The smallest absolute Gasteiger partial charge is 0.226 e. The van der Waals surface area contributed by atoms with E-state index >= 15 is 0 Å². The number of rotatable bonds is 1. The molecular weight excluding hydrogens is 188 g/mol. The summed E-state index contributed by atoms with van der Waals surface area (Å²) in [5.74, 6) is 0.828. The van der Waals surface area contributed by atoms with Gasteiger partial charge in [-0.1, -0.05) is 0 Å². The van der Waals surface area contributed by atoms with Crippen molar-refractivity contribution in [2.75, 3.05) is 19.6 Å². The van der Waals surface area contributed by atoms with Crippen LogP contribution in [-0.4, -0.2) is 47.4 Å². The van der Waals surface area contributed by atoms with Crippen LogP contribution in [0, 0.1) is 5.92 Å². The minimum atomic E-state index is 0.389. The van der Waals surface area contributed by atoms with E-state index in [9.17, 15) is 4.79 Å². The predicted octanol–water partition coefficient (Wildman–Crippen LogP) is 1.09. The molecule has 3 nitrogen and oxygen atoms in total. The summed E-state index contributed by atoms with van der Waals surface area (Å²) in [6.07, 6.45) is 4.89. The van der Waals surface area contributed by atoms with E-state index in [2.05, 4.69) is 16.7 Å². The van der Waals surface area contributed by atoms with Gasteiger partial charge in [0.15, 0.2) is 0 Å². The molecule has 1 aliphatic carbocycles. The van der Waals surface area contributed by atoms with Crippen molar-refractivity contribution in [2.45, 2.75) is 44.7 Å². The molecule has 0 spiro atoms. The molecule has 2 unspecified atom stereocenters. The first-order valence-corrected chi connectivity index (χ1v) is 6.30. The number of carbonyl (C=O) groups excluding carboxylic acids is 1. The van der Waals surface area contributed by atoms with Crippen LogP contribution in [0.4, 0.5) is 0 Å². The van der Waals surface area contributed by atoms with Crippen molar-refractivity contribution in [3.05, 3.63) is 0 Å². The number of amides is 1. The van der Waals surface area contributed by atoms with Gasteiger partial charge in [-0.15, -0.1) is 0 Å². The summed E-state index contributed by atoms with van der Waals surface area (Å²) in [5.41, 5.74) is 0. The Morgan fingerprint density at radius 3 is 2.73 bits per heavy atom. The van der Waals surface area contributed by atoms with Crippen molar-refractivity contribution < 1.29 is 4.79 Å². The van der Waals surface area contributed by atoms with Crippen molar-refractivity contribution in [1.82, 2.24) is 9.80 Å². The van der Waals surface area contributed by atoms with Gasteiger partial charge in [-0.3, -0.25) is 9.69 Å². The summed E-state index contributed by atoms with van der Waals surface area (Å²) in [5, 5.41) is 0. The van der Waals surface area contributed by atoms with Crippen LogP contribution in [0.15, 0.2) is 0 Å². The standard InChI is InChI=1S/C12H20N2O/c1-9-7-13-6-2-3-11(13)8-14(9)12(15)10-4-5-10/h9-11H,2-8H2,1H3. The molecule has 0 radical (unpaired) electrons. The van der Waals surface area contributed by atoms with Crippen LogP contribution >= 0.6 is 0 Å². The van der Waals surface area contributed by atoms with Gasteiger partial charge in [-0.05, 0) is 39.2 Å². The van der Waals surface area contributed by atoms with Crippen LogP contribution in [0.25, 0.3) is 0 Å². The second kappa shape index (κ2) is 3.48. The molecular formula is C12H20N2O. The van der Waals surface area contributed by atoms with Crippen molar-refractivity contribution in [3.8, 4) is 0 Å². The van der Waals surface area contributed by atoms with Crippen molar-refractivity contribution in [1.29, 1.82) is 0 Å². The summed E-state index contributed by atoms with van der Waals surface area (Å²) in [6, 6.07) is 1.11. The Hall–Kier alpha value is -0.570. The van der Waals surface area contributed by atoms with Crippen LogP contribution in [0.3, 0.4) is 0 Å². The largest absolute Gasteiger partial charge is 0.337 e. The molecule has 2 heterocycles. The first kappa shape index (κ1) is 9.64. The number of hydrogen-bond donors (Lipinski definition) is 0. The van der Waals surface area contributed by atoms with E-state index in [0.29, 0.717) is 23.9 Å². The Morgan fingerprint density at radius 1 is 1.20 bits per heavy atom. The van der Waals surface area contributed by atoms with E-state index < -0.39 is 0 Å². The van der Waals surface area contributed by atoms with Gasteiger partial charge in [-0.25, -0.2) is 0 Å². The number of nitrogens with zero attached hydrogens (tertiary/aromatic N) is 2. The lowest BCUT2D eigenvalue weighted by Crippen LogP contribution is -2.57. The van der Waals surface area contributed by atoms with Gasteiger partial charge in [0.2, 0.25) is 5.91 Å². The van der Waals surface area contributed by atoms with E-state index in [0.717, 1.165) is 25.9 Å². The zero-order valence-corrected chi connectivity index (χ0v) is 9.48. The zero-order chi connectivity index (χ0) is 10.4. The molecule has 2 aliphatic heterocycles. The maximum absolute atomic E-state index is 12.1. The quantitative estimate of drug-likeness (QED) is 0.644. The van der Waals surface area contributed by atoms with E-state index in [1.807, 2.05) is 0 Å². The van der Waals surface area contributed by atoms with E-state index in [1.54, 1.807) is 0 Å². The number of piperazine rings is 1. The summed E-state index contributed by atoms with van der Waals surface area (Å²) in [6.45, 7) is 5.55. The molecule has 3 heteroatoms. The second-order valence-electron chi connectivity index (χ2n) is 5.40. The molecule has 3 rings (SSSR count). The lowest BCUT2D eigenvalue weighted by Gasteiger charge is -2.42. The fourth-order valence-corrected chi connectivity index (χ4v) is 3.06. The number of hydrogen-bond acceptors (Lipinski definition) is 2. The van der Waals surface area contributed by atoms with Gasteiger partial charge in [0.25, 0.3) is 0 Å². The average molecular weight is 208 g/mol. The molecule has 0 aromatic heterocycles. The van der Waals surface area contributed by atoms with Crippen LogP contribution in [0.1, 0.15) is 32.6 Å². The van der Waals surface area contributed by atoms with Gasteiger partial charge < -0.3 is 4.90 Å². The number of fused-ring (bicyclic) bond motifs is 1. The van der Waals surface area contributed by atoms with Gasteiger partial charge in [0, 0.05) is 31.1 Å². The minimum absolute atomic E-state index is 0.389. The van der Waals surface area contributed by atoms with Gasteiger partial charge >= 0.3 is 0 Å². The van der Waals surface area contributed by atoms with Gasteiger partial charge in [0.1, 0.15) is 0 Å². The molecule has 2 atom stereocenters. The zero-order valence-electron chi connectivity index (χ0n) is 9.48. The highest BCUT2D eigenvalue weighted by Gasteiger charge is 2.41. The Morgan fingerprint density at radius 2 is 2.00 bits per heavy atom. The molecule has 84 valence electrons. The van der Waals surface area contributed by atoms with Crippen molar-refractivity contribution in [2.24, 2.45) is 5.92 Å². The summed E-state index contributed by atoms with van der Waals surface area (Å²) in [4.78, 5) is 16.8. The molecule has 0 bridgehead atoms. The maximum Gasteiger partial charge on any atom is 0.226 e.